The fourth-order valence-electron chi connectivity index (χ4n) is 9.85. The molecule has 2 aromatic heterocycles. The molecule has 4 atom stereocenters. The van der Waals surface area contributed by atoms with Gasteiger partial charge in [-0.2, -0.15) is 0 Å². The molecule has 0 aliphatic carbocycles. The van der Waals surface area contributed by atoms with Crippen molar-refractivity contribution >= 4 is 17.9 Å². The minimum absolute atomic E-state index is 0.0510. The van der Waals surface area contributed by atoms with Gasteiger partial charge < -0.3 is 34.1 Å². The quantitative estimate of drug-likeness (QED) is 0.133. The van der Waals surface area contributed by atoms with Crippen LogP contribution in [0.4, 0.5) is 4.79 Å². The molecule has 4 saturated heterocycles. The van der Waals surface area contributed by atoms with Gasteiger partial charge in [0.15, 0.2) is 0 Å². The largest absolute Gasteiger partial charge is 0.445 e. The summed E-state index contributed by atoms with van der Waals surface area (Å²) in [6.07, 6.45) is 8.45. The summed E-state index contributed by atoms with van der Waals surface area (Å²) in [5.74, 6) is 1.76. The third-order valence-electron chi connectivity index (χ3n) is 13.3. The number of hydrogen-bond donors (Lipinski definition) is 2. The number of carbonyl (C=O) groups is 3. The van der Waals surface area contributed by atoms with Gasteiger partial charge in [-0.15, -0.1) is 0 Å². The molecule has 13 heteroatoms. The average Bonchev–Trinajstić information content (AvgIpc) is 4.21. The van der Waals surface area contributed by atoms with Crippen LogP contribution in [-0.2, 0) is 25.7 Å². The summed E-state index contributed by atoms with van der Waals surface area (Å²) < 4.78 is 11.3. The molecule has 4 aromatic carbocycles. The zero-order chi connectivity index (χ0) is 43.4. The van der Waals surface area contributed by atoms with Crippen molar-refractivity contribution < 1.29 is 23.9 Å². The van der Waals surface area contributed by atoms with Gasteiger partial charge in [0.2, 0.25) is 5.91 Å². The van der Waals surface area contributed by atoms with Crippen LogP contribution in [0.1, 0.15) is 79.4 Å². The van der Waals surface area contributed by atoms with Gasteiger partial charge >= 0.3 is 6.09 Å². The second-order valence-corrected chi connectivity index (χ2v) is 17.3. The number of imidazole rings is 2. The van der Waals surface area contributed by atoms with Gasteiger partial charge in [-0.25, -0.2) is 14.8 Å². The molecule has 4 aliphatic heterocycles. The molecule has 0 radical (unpaired) electrons. The van der Waals surface area contributed by atoms with E-state index < -0.39 is 6.04 Å². The number of nitrogens with zero attached hydrogens (tertiary/aromatic N) is 6. The van der Waals surface area contributed by atoms with Gasteiger partial charge in [-0.3, -0.25) is 14.5 Å². The summed E-state index contributed by atoms with van der Waals surface area (Å²) in [6, 6.07) is 35.8. The van der Waals surface area contributed by atoms with Crippen LogP contribution in [0.3, 0.4) is 0 Å². The second-order valence-electron chi connectivity index (χ2n) is 17.3. The predicted octanol–water partition coefficient (Wildman–Crippen LogP) is 8.34. The van der Waals surface area contributed by atoms with Gasteiger partial charge in [-0.1, -0.05) is 109 Å². The van der Waals surface area contributed by atoms with Crippen LogP contribution in [-0.4, -0.2) is 109 Å². The molecule has 0 spiro atoms. The van der Waals surface area contributed by atoms with Crippen molar-refractivity contribution in [3.8, 4) is 33.6 Å². The van der Waals surface area contributed by atoms with E-state index in [4.69, 9.17) is 19.4 Å². The van der Waals surface area contributed by atoms with E-state index in [1.54, 1.807) is 4.90 Å². The number of nitrogens with one attached hydrogen (secondary N) is 2. The maximum atomic E-state index is 14.7. The zero-order valence-corrected chi connectivity index (χ0v) is 36.0. The Morgan fingerprint density at radius 3 is 2.02 bits per heavy atom. The van der Waals surface area contributed by atoms with Crippen LogP contribution in [0.15, 0.2) is 122 Å². The average molecular weight is 859 g/mol. The highest BCUT2D eigenvalue weighted by Crippen LogP contribution is 2.37. The third-order valence-corrected chi connectivity index (χ3v) is 13.3. The monoisotopic (exact) mass is 858 g/mol. The fourth-order valence-corrected chi connectivity index (χ4v) is 9.85. The number of rotatable bonds is 11. The predicted molar refractivity (Wildman–Crippen MR) is 242 cm³/mol. The first kappa shape index (κ1) is 41.4. The topological polar surface area (TPSA) is 140 Å². The molecule has 0 bridgehead atoms. The minimum Gasteiger partial charge on any atom is -0.445 e. The Kier molecular flexibility index (Phi) is 12.1. The number of hydrogen-bond acceptors (Lipinski definition) is 8. The van der Waals surface area contributed by atoms with Gasteiger partial charge in [0, 0.05) is 57.6 Å². The molecular weight excluding hydrogens is 805 g/mol. The molecule has 64 heavy (non-hydrogen) atoms. The van der Waals surface area contributed by atoms with Gasteiger partial charge in [0.05, 0.1) is 29.7 Å². The first-order valence-electron chi connectivity index (χ1n) is 22.8. The Hall–Kier alpha value is -6.57. The fraction of sp³-hybridized carbons (Fsp3) is 0.353. The molecule has 4 aliphatic rings. The lowest BCUT2D eigenvalue weighted by molar-refractivity contribution is -0.142. The Morgan fingerprint density at radius 2 is 1.33 bits per heavy atom. The normalized spacial score (nSPS) is 20.8. The SMILES string of the molecule is O=C(OCc1ccccc1)N1CCN(C(C(=O)N2CCC[C@H]2c2ncc(-c3ccc(-c4ccc(-c5c[nH]c([C@@H]6CCCN6C(=O)C6CCCO6)n5)cc4)cc3)[nH]2)c2ccccc2)CC1. The van der Waals surface area contributed by atoms with Gasteiger partial charge in [0.1, 0.15) is 30.4 Å². The molecule has 3 amide bonds. The number of H-pyrrole nitrogens is 2. The Labute approximate surface area is 373 Å². The van der Waals surface area contributed by atoms with Crippen molar-refractivity contribution in [2.45, 2.75) is 69.4 Å². The molecule has 2 N–H and O–H groups in total. The van der Waals surface area contributed by atoms with Crippen LogP contribution in [0.5, 0.6) is 0 Å². The number of carbonyl (C=O) groups excluding carboxylic acids is 3. The van der Waals surface area contributed by atoms with E-state index in [1.165, 1.54) is 0 Å². The van der Waals surface area contributed by atoms with Gasteiger partial charge in [0.25, 0.3) is 5.91 Å². The van der Waals surface area contributed by atoms with Crippen molar-refractivity contribution in [3.63, 3.8) is 0 Å². The third kappa shape index (κ3) is 8.69. The van der Waals surface area contributed by atoms with E-state index in [0.717, 1.165) is 101 Å². The number of amides is 3. The number of ether oxygens (including phenoxy) is 2. The molecule has 10 rings (SSSR count). The molecule has 0 saturated carbocycles. The molecule has 328 valence electrons. The summed E-state index contributed by atoms with van der Waals surface area (Å²) in [5.41, 5.74) is 7.87. The van der Waals surface area contributed by atoms with Crippen LogP contribution < -0.4 is 0 Å². The lowest BCUT2D eigenvalue weighted by atomic mass is 10.0. The van der Waals surface area contributed by atoms with E-state index in [-0.39, 0.29) is 42.7 Å². The number of aromatic nitrogens is 4. The molecule has 2 unspecified atom stereocenters. The highest BCUT2D eigenvalue weighted by Gasteiger charge is 2.40. The minimum atomic E-state index is -0.478. The van der Waals surface area contributed by atoms with Crippen LogP contribution in [0.25, 0.3) is 33.6 Å². The summed E-state index contributed by atoms with van der Waals surface area (Å²) >= 11 is 0. The van der Waals surface area contributed by atoms with Crippen molar-refractivity contribution in [1.29, 1.82) is 0 Å². The summed E-state index contributed by atoms with van der Waals surface area (Å²) in [4.78, 5) is 65.4. The Bertz CT molecular complexity index is 2530. The van der Waals surface area contributed by atoms with E-state index in [2.05, 4.69) is 63.4 Å². The summed E-state index contributed by atoms with van der Waals surface area (Å²) in [5, 5.41) is 0. The van der Waals surface area contributed by atoms with Crippen molar-refractivity contribution in [2.75, 3.05) is 45.9 Å². The van der Waals surface area contributed by atoms with Crippen molar-refractivity contribution in [1.82, 2.24) is 39.5 Å². The van der Waals surface area contributed by atoms with Gasteiger partial charge in [-0.05, 0) is 66.3 Å². The molecule has 13 nitrogen and oxygen atoms in total. The van der Waals surface area contributed by atoms with Crippen molar-refractivity contribution in [2.24, 2.45) is 0 Å². The van der Waals surface area contributed by atoms with Crippen LogP contribution >= 0.6 is 0 Å². The van der Waals surface area contributed by atoms with Crippen molar-refractivity contribution in [3.05, 3.63) is 144 Å². The van der Waals surface area contributed by atoms with E-state index >= 15 is 0 Å². The Morgan fingerprint density at radius 1 is 0.688 bits per heavy atom. The number of aromatic amines is 2. The smallest absolute Gasteiger partial charge is 0.410 e. The highest BCUT2D eigenvalue weighted by molar-refractivity contribution is 5.84. The molecule has 6 aromatic rings. The number of likely N-dealkylation sites (tertiary alicyclic amines) is 2. The number of benzene rings is 4. The van der Waals surface area contributed by atoms with E-state index in [1.807, 2.05) is 82.9 Å². The standard InChI is InChI=1S/C51H54N8O5/c60-49(45-16-9-31-63-45)58-25-7-14-43(58)47-52-32-41(54-47)38-21-17-36(18-22-38)37-19-23-39(24-20-37)42-33-53-48(55-42)44-15-8-26-59(44)50(61)46(40-12-5-2-6-13-40)56-27-29-57(30-28-56)51(62)64-34-35-10-3-1-4-11-35/h1-6,10-13,17-24,32-33,43-46H,7-9,14-16,25-31,34H2,(H,52,54)(H,53,55)/t43-,44-,45?,46?/m0/s1. The molecular formula is C51H54N8O5. The van der Waals surface area contributed by atoms with Crippen LogP contribution in [0, 0.1) is 0 Å². The molecule has 4 fully saturated rings. The maximum Gasteiger partial charge on any atom is 0.410 e. The Balaban J connectivity index is 0.778. The van der Waals surface area contributed by atoms with E-state index in [9.17, 15) is 14.4 Å². The summed E-state index contributed by atoms with van der Waals surface area (Å²) in [7, 11) is 0. The highest BCUT2D eigenvalue weighted by atomic mass is 16.6. The van der Waals surface area contributed by atoms with Crippen LogP contribution in [0.2, 0.25) is 0 Å². The first-order chi connectivity index (χ1) is 31.5. The van der Waals surface area contributed by atoms with E-state index in [0.29, 0.717) is 39.3 Å². The lowest BCUT2D eigenvalue weighted by Crippen LogP contribution is -2.53. The second kappa shape index (κ2) is 18.6. The maximum absolute atomic E-state index is 14.7. The number of piperazine rings is 1. The first-order valence-corrected chi connectivity index (χ1v) is 22.8. The molecule has 6 heterocycles. The zero-order valence-electron chi connectivity index (χ0n) is 36.0. The lowest BCUT2D eigenvalue weighted by Gasteiger charge is -2.40. The summed E-state index contributed by atoms with van der Waals surface area (Å²) in [6.45, 7) is 4.35.